The number of carbonyl (C=O) groups excluding carboxylic acids is 1. The Kier molecular flexibility index (Phi) is 3.35. The molecule has 1 aliphatic rings. The molecule has 0 saturated heterocycles. The number of aromatic nitrogens is 2. The van der Waals surface area contributed by atoms with Crippen LogP contribution in [0.3, 0.4) is 0 Å². The van der Waals surface area contributed by atoms with Crippen LogP contribution in [0.5, 0.6) is 0 Å². The molecule has 1 N–H and O–H groups in total. The minimum absolute atomic E-state index is 0.139. The minimum Gasteiger partial charge on any atom is -0.378 e. The second kappa shape index (κ2) is 5.12. The van der Waals surface area contributed by atoms with Gasteiger partial charge < -0.3 is 10.2 Å². The number of nitrogens with one attached hydrogen (secondary N) is 1. The predicted octanol–water partition coefficient (Wildman–Crippen LogP) is 0.499. The molecule has 7 heteroatoms. The second-order valence-corrected chi connectivity index (χ2v) is 5.86. The Bertz CT molecular complexity index is 907. The lowest BCUT2D eigenvalue weighted by Crippen LogP contribution is -2.39. The van der Waals surface area contributed by atoms with E-state index in [9.17, 15) is 14.4 Å². The van der Waals surface area contributed by atoms with Gasteiger partial charge in [-0.1, -0.05) is 12.1 Å². The van der Waals surface area contributed by atoms with Crippen molar-refractivity contribution in [2.45, 2.75) is 6.04 Å². The highest BCUT2D eigenvalue weighted by Crippen LogP contribution is 2.31. The van der Waals surface area contributed by atoms with Gasteiger partial charge in [-0.05, 0) is 17.7 Å². The van der Waals surface area contributed by atoms with Crippen LogP contribution in [0, 0.1) is 0 Å². The highest BCUT2D eigenvalue weighted by molar-refractivity contribution is 6.09. The highest BCUT2D eigenvalue weighted by atomic mass is 16.2. The van der Waals surface area contributed by atoms with Crippen LogP contribution in [-0.4, -0.2) is 29.0 Å². The summed E-state index contributed by atoms with van der Waals surface area (Å²) in [5.74, 6) is -0.269. The summed E-state index contributed by atoms with van der Waals surface area (Å²) in [7, 11) is 6.76. The van der Waals surface area contributed by atoms with Crippen LogP contribution in [0.2, 0.25) is 0 Å². The summed E-state index contributed by atoms with van der Waals surface area (Å²) in [6.45, 7) is 0. The molecule has 0 fully saturated rings. The zero-order valence-corrected chi connectivity index (χ0v) is 13.5. The number of rotatable bonds is 2. The van der Waals surface area contributed by atoms with E-state index >= 15 is 0 Å². The molecule has 7 nitrogen and oxygen atoms in total. The van der Waals surface area contributed by atoms with E-state index in [2.05, 4.69) is 5.32 Å². The lowest BCUT2D eigenvalue weighted by Gasteiger charge is -2.15. The number of fused-ring (bicyclic) bond motifs is 1. The van der Waals surface area contributed by atoms with Gasteiger partial charge in [0.05, 0.1) is 0 Å². The van der Waals surface area contributed by atoms with E-state index < -0.39 is 17.3 Å². The fraction of sp³-hybridized carbons (Fsp3) is 0.312. The molecule has 2 aromatic rings. The summed E-state index contributed by atoms with van der Waals surface area (Å²) in [5, 5.41) is 2.97. The van der Waals surface area contributed by atoms with Crippen LogP contribution in [-0.2, 0) is 14.1 Å². The van der Waals surface area contributed by atoms with Gasteiger partial charge in [0.15, 0.2) is 0 Å². The van der Waals surface area contributed by atoms with Crippen molar-refractivity contribution in [1.29, 1.82) is 0 Å². The molecule has 1 aromatic heterocycles. The van der Waals surface area contributed by atoms with Crippen molar-refractivity contribution in [3.63, 3.8) is 0 Å². The molecule has 1 atom stereocenters. The van der Waals surface area contributed by atoms with Gasteiger partial charge in [0.1, 0.15) is 17.4 Å². The first-order valence-electron chi connectivity index (χ1n) is 7.21. The van der Waals surface area contributed by atoms with Crippen molar-refractivity contribution in [3.8, 4) is 0 Å². The molecule has 3 rings (SSSR count). The normalized spacial score (nSPS) is 16.2. The summed E-state index contributed by atoms with van der Waals surface area (Å²) in [6.07, 6.45) is 0. The maximum atomic E-state index is 12.7. The summed E-state index contributed by atoms with van der Waals surface area (Å²) in [4.78, 5) is 38.9. The molecular weight excluding hydrogens is 296 g/mol. The fourth-order valence-electron chi connectivity index (χ4n) is 2.81. The lowest BCUT2D eigenvalue weighted by atomic mass is 10.0. The van der Waals surface area contributed by atoms with E-state index in [1.54, 1.807) is 0 Å². The molecule has 1 aliphatic heterocycles. The Morgan fingerprint density at radius 1 is 1.00 bits per heavy atom. The van der Waals surface area contributed by atoms with Crippen molar-refractivity contribution in [2.24, 2.45) is 14.1 Å². The molecule has 2 heterocycles. The van der Waals surface area contributed by atoms with Gasteiger partial charge in [0.25, 0.3) is 5.56 Å². The number of hydrogen-bond acceptors (Lipinski definition) is 5. The van der Waals surface area contributed by atoms with E-state index in [1.165, 1.54) is 18.7 Å². The first-order valence-corrected chi connectivity index (χ1v) is 7.21. The molecule has 1 unspecified atom stereocenters. The second-order valence-electron chi connectivity index (χ2n) is 5.86. The van der Waals surface area contributed by atoms with Crippen LogP contribution in [0.25, 0.3) is 0 Å². The van der Waals surface area contributed by atoms with Crippen molar-refractivity contribution in [2.75, 3.05) is 24.3 Å². The molecule has 0 amide bonds. The number of nitrogens with zero attached hydrogens (tertiary/aromatic N) is 3. The topological polar surface area (TPSA) is 76.3 Å². The zero-order valence-electron chi connectivity index (χ0n) is 13.5. The van der Waals surface area contributed by atoms with Crippen LogP contribution in [0.4, 0.5) is 11.4 Å². The van der Waals surface area contributed by atoms with Gasteiger partial charge in [-0.25, -0.2) is 4.79 Å². The maximum absolute atomic E-state index is 12.7. The Morgan fingerprint density at radius 3 is 2.17 bits per heavy atom. The average Bonchev–Trinajstić information content (AvgIpc) is 2.88. The van der Waals surface area contributed by atoms with E-state index in [-0.39, 0.29) is 17.2 Å². The molecule has 0 saturated carbocycles. The molecule has 0 bridgehead atoms. The number of Topliss-reactive ketones (excluding diaryl/α,β-unsaturated/α-hetero) is 1. The number of benzene rings is 1. The van der Waals surface area contributed by atoms with Crippen LogP contribution >= 0.6 is 0 Å². The van der Waals surface area contributed by atoms with Crippen molar-refractivity contribution in [3.05, 3.63) is 56.4 Å². The molecule has 23 heavy (non-hydrogen) atoms. The van der Waals surface area contributed by atoms with Gasteiger partial charge in [-0.2, -0.15) is 0 Å². The van der Waals surface area contributed by atoms with Gasteiger partial charge in [0, 0.05) is 33.9 Å². The maximum Gasteiger partial charge on any atom is 0.331 e. The molecule has 0 spiro atoms. The predicted molar refractivity (Wildman–Crippen MR) is 88.4 cm³/mol. The quantitative estimate of drug-likeness (QED) is 0.873. The summed E-state index contributed by atoms with van der Waals surface area (Å²) in [6, 6.07) is 6.86. The van der Waals surface area contributed by atoms with Crippen LogP contribution in [0.15, 0.2) is 33.9 Å². The highest BCUT2D eigenvalue weighted by Gasteiger charge is 2.36. The van der Waals surface area contributed by atoms with Crippen LogP contribution < -0.4 is 21.5 Å². The van der Waals surface area contributed by atoms with Crippen molar-refractivity contribution < 1.29 is 4.79 Å². The lowest BCUT2D eigenvalue weighted by molar-refractivity contribution is 0.0971. The van der Waals surface area contributed by atoms with Crippen molar-refractivity contribution in [1.82, 2.24) is 9.13 Å². The molecule has 120 valence electrons. The van der Waals surface area contributed by atoms with Gasteiger partial charge in [-0.15, -0.1) is 0 Å². The number of hydrogen-bond donors (Lipinski definition) is 1. The first-order chi connectivity index (χ1) is 10.8. The van der Waals surface area contributed by atoms with Crippen molar-refractivity contribution >= 4 is 17.2 Å². The molecule has 0 radical (unpaired) electrons. The number of ketones is 1. The van der Waals surface area contributed by atoms with Gasteiger partial charge in [0.2, 0.25) is 5.78 Å². The number of carbonyl (C=O) groups is 1. The summed E-state index contributed by atoms with van der Waals surface area (Å²) >= 11 is 0. The Balaban J connectivity index is 2.08. The van der Waals surface area contributed by atoms with E-state index in [4.69, 9.17) is 0 Å². The SMILES string of the molecule is CN(C)c1ccc(C2Nc3c(n(C)c(=O)n(C)c3=O)C2=O)cc1. The number of anilines is 2. The molecular formula is C16H18N4O3. The average molecular weight is 314 g/mol. The third kappa shape index (κ3) is 2.16. The molecule has 0 aliphatic carbocycles. The standard InChI is InChI=1S/C16H18N4O3/c1-18(2)10-7-5-9(6-8-10)11-14(21)13-12(17-11)15(22)20(4)16(23)19(13)3/h5-8,11,17H,1-4H3. The minimum atomic E-state index is -0.651. The van der Waals surface area contributed by atoms with Gasteiger partial charge >= 0.3 is 5.69 Å². The Labute approximate surface area is 132 Å². The largest absolute Gasteiger partial charge is 0.378 e. The summed E-state index contributed by atoms with van der Waals surface area (Å²) in [5.41, 5.74) is 1.10. The van der Waals surface area contributed by atoms with E-state index in [0.717, 1.165) is 15.8 Å². The Morgan fingerprint density at radius 2 is 1.61 bits per heavy atom. The third-order valence-electron chi connectivity index (χ3n) is 4.19. The Hall–Kier alpha value is -2.83. The van der Waals surface area contributed by atoms with E-state index in [0.29, 0.717) is 0 Å². The van der Waals surface area contributed by atoms with Crippen LogP contribution in [0.1, 0.15) is 22.1 Å². The first kappa shape index (κ1) is 15.1. The smallest absolute Gasteiger partial charge is 0.331 e. The molecule has 1 aromatic carbocycles. The van der Waals surface area contributed by atoms with E-state index in [1.807, 2.05) is 43.3 Å². The monoisotopic (exact) mass is 314 g/mol. The fourth-order valence-corrected chi connectivity index (χ4v) is 2.81. The third-order valence-corrected chi connectivity index (χ3v) is 4.19. The van der Waals surface area contributed by atoms with Gasteiger partial charge in [-0.3, -0.25) is 18.7 Å². The summed E-state index contributed by atoms with van der Waals surface area (Å²) < 4.78 is 2.22. The zero-order chi connectivity index (χ0) is 16.9.